The standard InChI is InChI=1S/C14H10N2O4/c1-8-9(6-7-15-8)14(19)20-16-12(17)10-4-2-3-5-11(10)13(16)18/h2-7,15H,1H3. The maximum atomic E-state index is 12.0. The zero-order valence-corrected chi connectivity index (χ0v) is 10.5. The third kappa shape index (κ3) is 1.70. The summed E-state index contributed by atoms with van der Waals surface area (Å²) in [5, 5.41) is 0.499. The third-order valence-corrected chi connectivity index (χ3v) is 3.10. The zero-order valence-electron chi connectivity index (χ0n) is 10.5. The Bertz CT molecular complexity index is 697. The van der Waals surface area contributed by atoms with Gasteiger partial charge in [0.25, 0.3) is 11.8 Å². The molecule has 0 aliphatic carbocycles. The lowest BCUT2D eigenvalue weighted by Crippen LogP contribution is -2.32. The predicted octanol–water partition coefficient (Wildman–Crippen LogP) is 1.69. The number of rotatable bonds is 2. The maximum Gasteiger partial charge on any atom is 0.365 e. The molecule has 2 heterocycles. The number of carbonyl (C=O) groups excluding carboxylic acids is 3. The third-order valence-electron chi connectivity index (χ3n) is 3.10. The normalized spacial score (nSPS) is 13.6. The Morgan fingerprint density at radius 1 is 1.10 bits per heavy atom. The number of imide groups is 1. The summed E-state index contributed by atoms with van der Waals surface area (Å²) in [5.74, 6) is -2.02. The summed E-state index contributed by atoms with van der Waals surface area (Å²) in [5.41, 5.74) is 1.35. The van der Waals surface area contributed by atoms with Crippen molar-refractivity contribution in [2.75, 3.05) is 0 Å². The first-order chi connectivity index (χ1) is 9.59. The molecule has 1 aromatic heterocycles. The number of nitrogens with zero attached hydrogens (tertiary/aromatic N) is 1. The molecule has 1 N–H and O–H groups in total. The molecule has 0 spiro atoms. The van der Waals surface area contributed by atoms with Crippen molar-refractivity contribution in [3.8, 4) is 0 Å². The summed E-state index contributed by atoms with van der Waals surface area (Å²) in [4.78, 5) is 43.7. The van der Waals surface area contributed by atoms with E-state index in [4.69, 9.17) is 4.84 Å². The summed E-state index contributed by atoms with van der Waals surface area (Å²) in [6.45, 7) is 1.69. The molecule has 0 saturated carbocycles. The molecule has 0 fully saturated rings. The van der Waals surface area contributed by atoms with Crippen LogP contribution in [0.2, 0.25) is 0 Å². The van der Waals surface area contributed by atoms with E-state index in [9.17, 15) is 14.4 Å². The number of hydroxylamine groups is 2. The Balaban J connectivity index is 1.87. The lowest BCUT2D eigenvalue weighted by Gasteiger charge is -2.12. The van der Waals surface area contributed by atoms with E-state index in [0.29, 0.717) is 10.8 Å². The number of carbonyl (C=O) groups is 3. The minimum Gasteiger partial charge on any atom is -0.364 e. The van der Waals surface area contributed by atoms with E-state index >= 15 is 0 Å². The SMILES string of the molecule is Cc1[nH]ccc1C(=O)ON1C(=O)c2ccccc2C1=O. The van der Waals surface area contributed by atoms with Crippen molar-refractivity contribution < 1.29 is 19.2 Å². The maximum absolute atomic E-state index is 12.0. The molecule has 1 aromatic carbocycles. The van der Waals surface area contributed by atoms with Gasteiger partial charge in [0.05, 0.1) is 16.7 Å². The highest BCUT2D eigenvalue weighted by Gasteiger charge is 2.38. The number of aryl methyl sites for hydroxylation is 1. The van der Waals surface area contributed by atoms with Crippen molar-refractivity contribution in [1.82, 2.24) is 10.0 Å². The average molecular weight is 270 g/mol. The van der Waals surface area contributed by atoms with Crippen LogP contribution in [0.4, 0.5) is 0 Å². The van der Waals surface area contributed by atoms with Crippen LogP contribution in [0.15, 0.2) is 36.5 Å². The van der Waals surface area contributed by atoms with E-state index in [1.165, 1.54) is 18.2 Å². The van der Waals surface area contributed by atoms with Crippen molar-refractivity contribution in [2.24, 2.45) is 0 Å². The van der Waals surface area contributed by atoms with Crippen molar-refractivity contribution >= 4 is 17.8 Å². The van der Waals surface area contributed by atoms with Crippen LogP contribution in [-0.4, -0.2) is 27.8 Å². The molecule has 1 aliphatic rings. The van der Waals surface area contributed by atoms with Gasteiger partial charge in [-0.3, -0.25) is 9.59 Å². The van der Waals surface area contributed by atoms with E-state index in [-0.39, 0.29) is 16.7 Å². The van der Waals surface area contributed by atoms with E-state index in [0.717, 1.165) is 0 Å². The highest BCUT2D eigenvalue weighted by atomic mass is 16.7. The van der Waals surface area contributed by atoms with Crippen molar-refractivity contribution in [2.45, 2.75) is 6.92 Å². The molecule has 2 amide bonds. The number of H-pyrrole nitrogens is 1. The van der Waals surface area contributed by atoms with Gasteiger partial charge in [-0.2, -0.15) is 0 Å². The van der Waals surface area contributed by atoms with Gasteiger partial charge >= 0.3 is 5.97 Å². The molecule has 0 atom stereocenters. The quantitative estimate of drug-likeness (QED) is 0.842. The molecule has 20 heavy (non-hydrogen) atoms. The summed E-state index contributed by atoms with van der Waals surface area (Å²) in [6.07, 6.45) is 1.58. The van der Waals surface area contributed by atoms with Gasteiger partial charge in [0.1, 0.15) is 0 Å². The van der Waals surface area contributed by atoms with Crippen LogP contribution in [-0.2, 0) is 4.84 Å². The minimum atomic E-state index is -0.752. The number of fused-ring (bicyclic) bond motifs is 1. The van der Waals surface area contributed by atoms with E-state index in [1.54, 1.807) is 25.3 Å². The Labute approximate surface area is 113 Å². The number of aromatic nitrogens is 1. The van der Waals surface area contributed by atoms with Crippen LogP contribution in [0.25, 0.3) is 0 Å². The molecule has 0 radical (unpaired) electrons. The van der Waals surface area contributed by atoms with Gasteiger partial charge < -0.3 is 9.82 Å². The van der Waals surface area contributed by atoms with Gasteiger partial charge in [0.15, 0.2) is 0 Å². The number of nitrogens with one attached hydrogen (secondary N) is 1. The van der Waals surface area contributed by atoms with Gasteiger partial charge in [-0.1, -0.05) is 17.2 Å². The second kappa shape index (κ2) is 4.34. The minimum absolute atomic E-state index is 0.232. The van der Waals surface area contributed by atoms with Gasteiger partial charge in [-0.05, 0) is 25.1 Å². The lowest BCUT2D eigenvalue weighted by molar-refractivity contribution is -0.0585. The molecule has 6 nitrogen and oxygen atoms in total. The van der Waals surface area contributed by atoms with Crippen LogP contribution >= 0.6 is 0 Å². The fraction of sp³-hybridized carbons (Fsp3) is 0.0714. The first-order valence-electron chi connectivity index (χ1n) is 5.93. The monoisotopic (exact) mass is 270 g/mol. The Hall–Kier alpha value is -2.89. The molecule has 6 heteroatoms. The molecule has 0 unspecified atom stereocenters. The van der Waals surface area contributed by atoms with Crippen molar-refractivity contribution in [3.05, 3.63) is 58.9 Å². The summed E-state index contributed by atoms with van der Waals surface area (Å²) in [6, 6.07) is 7.85. The Morgan fingerprint density at radius 3 is 2.20 bits per heavy atom. The fourth-order valence-corrected chi connectivity index (χ4v) is 2.06. The van der Waals surface area contributed by atoms with E-state index in [2.05, 4.69) is 4.98 Å². The predicted molar refractivity (Wildman–Crippen MR) is 67.9 cm³/mol. The lowest BCUT2D eigenvalue weighted by atomic mass is 10.1. The van der Waals surface area contributed by atoms with Crippen LogP contribution in [0.1, 0.15) is 36.8 Å². The number of hydrogen-bond acceptors (Lipinski definition) is 4. The first kappa shape index (κ1) is 12.2. The van der Waals surface area contributed by atoms with Crippen LogP contribution in [0.3, 0.4) is 0 Å². The topological polar surface area (TPSA) is 79.5 Å². The molecule has 0 saturated heterocycles. The second-order valence-electron chi connectivity index (χ2n) is 4.35. The van der Waals surface area contributed by atoms with Gasteiger partial charge in [-0.15, -0.1) is 0 Å². The Morgan fingerprint density at radius 2 is 1.70 bits per heavy atom. The van der Waals surface area contributed by atoms with Crippen LogP contribution < -0.4 is 0 Å². The summed E-state index contributed by atoms with van der Waals surface area (Å²) < 4.78 is 0. The number of benzene rings is 1. The number of aromatic amines is 1. The second-order valence-corrected chi connectivity index (χ2v) is 4.35. The summed E-state index contributed by atoms with van der Waals surface area (Å²) >= 11 is 0. The highest BCUT2D eigenvalue weighted by molar-refractivity contribution is 6.21. The molecule has 0 bridgehead atoms. The average Bonchev–Trinajstić information content (AvgIpc) is 2.97. The van der Waals surface area contributed by atoms with Crippen LogP contribution in [0, 0.1) is 6.92 Å². The largest absolute Gasteiger partial charge is 0.365 e. The molecule has 1 aliphatic heterocycles. The van der Waals surface area contributed by atoms with E-state index < -0.39 is 17.8 Å². The van der Waals surface area contributed by atoms with Crippen molar-refractivity contribution in [3.63, 3.8) is 0 Å². The molecule has 3 rings (SSSR count). The van der Waals surface area contributed by atoms with Gasteiger partial charge in [0, 0.05) is 11.9 Å². The highest BCUT2D eigenvalue weighted by Crippen LogP contribution is 2.23. The van der Waals surface area contributed by atoms with Gasteiger partial charge in [0.2, 0.25) is 0 Å². The van der Waals surface area contributed by atoms with Crippen molar-refractivity contribution in [1.29, 1.82) is 0 Å². The summed E-state index contributed by atoms with van der Waals surface area (Å²) in [7, 11) is 0. The molecular formula is C14H10N2O4. The smallest absolute Gasteiger partial charge is 0.364 e. The number of amides is 2. The first-order valence-corrected chi connectivity index (χ1v) is 5.93. The zero-order chi connectivity index (χ0) is 14.3. The van der Waals surface area contributed by atoms with Gasteiger partial charge in [-0.25, -0.2) is 4.79 Å². The van der Waals surface area contributed by atoms with E-state index in [1.807, 2.05) is 0 Å². The number of hydrogen-bond donors (Lipinski definition) is 1. The fourth-order valence-electron chi connectivity index (χ4n) is 2.06. The van der Waals surface area contributed by atoms with Crippen LogP contribution in [0.5, 0.6) is 0 Å². The Kier molecular flexibility index (Phi) is 2.64. The molecular weight excluding hydrogens is 260 g/mol. The molecule has 2 aromatic rings. The molecule has 100 valence electrons.